The summed E-state index contributed by atoms with van der Waals surface area (Å²) < 4.78 is 4.75. The highest BCUT2D eigenvalue weighted by Crippen LogP contribution is 2.41. The van der Waals surface area contributed by atoms with Gasteiger partial charge in [-0.05, 0) is 59.7 Å². The number of hydrogen-bond donors (Lipinski definition) is 0. The second kappa shape index (κ2) is 11.4. The zero-order valence-corrected chi connectivity index (χ0v) is 27.1. The molecule has 0 bridgehead atoms. The van der Waals surface area contributed by atoms with Crippen LogP contribution in [-0.4, -0.2) is 19.1 Å². The largest absolute Gasteiger partial charge is 0.307 e. The lowest BCUT2D eigenvalue weighted by atomic mass is 10.0. The summed E-state index contributed by atoms with van der Waals surface area (Å²) in [4.78, 5) is 10.6. The average molecular weight is 639 g/mol. The quantitative estimate of drug-likeness (QED) is 0.188. The molecule has 50 heavy (non-hydrogen) atoms. The third kappa shape index (κ3) is 4.46. The zero-order valence-electron chi connectivity index (χ0n) is 27.1. The molecule has 0 saturated carbocycles. The molecule has 0 N–H and O–H groups in total. The van der Waals surface area contributed by atoms with Crippen molar-refractivity contribution in [1.82, 2.24) is 19.1 Å². The molecule has 4 nitrogen and oxygen atoms in total. The van der Waals surface area contributed by atoms with E-state index in [2.05, 4.69) is 185 Å². The van der Waals surface area contributed by atoms with Crippen LogP contribution in [0.5, 0.6) is 0 Å². The molecule has 4 heterocycles. The maximum Gasteiger partial charge on any atom is 0.138 e. The summed E-state index contributed by atoms with van der Waals surface area (Å²) in [6.07, 6.45) is 0. The van der Waals surface area contributed by atoms with Gasteiger partial charge in [-0.2, -0.15) is 0 Å². The summed E-state index contributed by atoms with van der Waals surface area (Å²) in [5.41, 5.74) is 11.6. The number of fused-ring (bicyclic) bond motifs is 7. The van der Waals surface area contributed by atoms with Crippen molar-refractivity contribution in [3.63, 3.8) is 0 Å². The van der Waals surface area contributed by atoms with Crippen LogP contribution in [0.1, 0.15) is 0 Å². The molecular weight excluding hydrogens is 609 g/mol. The minimum atomic E-state index is 0.819. The van der Waals surface area contributed by atoms with Crippen LogP contribution in [0.2, 0.25) is 0 Å². The highest BCUT2D eigenvalue weighted by atomic mass is 15.1. The number of rotatable bonds is 5. The summed E-state index contributed by atoms with van der Waals surface area (Å²) >= 11 is 0. The van der Waals surface area contributed by atoms with E-state index in [-0.39, 0.29) is 0 Å². The molecule has 0 aliphatic heterocycles. The highest BCUT2D eigenvalue weighted by molar-refractivity contribution is 6.23. The summed E-state index contributed by atoms with van der Waals surface area (Å²) in [6.45, 7) is 0. The first-order valence-electron chi connectivity index (χ1n) is 16.9. The Hall–Kier alpha value is -6.78. The second-order valence-corrected chi connectivity index (χ2v) is 12.6. The number of pyridine rings is 2. The van der Waals surface area contributed by atoms with E-state index in [1.54, 1.807) is 0 Å². The second-order valence-electron chi connectivity index (χ2n) is 12.6. The summed E-state index contributed by atoms with van der Waals surface area (Å²) in [5, 5.41) is 4.82. The summed E-state index contributed by atoms with van der Waals surface area (Å²) in [6, 6.07) is 64.1. The van der Waals surface area contributed by atoms with E-state index in [1.165, 1.54) is 27.1 Å². The molecule has 0 aliphatic carbocycles. The molecular formula is C46H30N4. The van der Waals surface area contributed by atoms with Crippen molar-refractivity contribution in [2.45, 2.75) is 0 Å². The highest BCUT2D eigenvalue weighted by Gasteiger charge is 2.22. The minimum Gasteiger partial charge on any atom is -0.307 e. The first-order valence-corrected chi connectivity index (χ1v) is 16.9. The van der Waals surface area contributed by atoms with Gasteiger partial charge >= 0.3 is 0 Å². The van der Waals surface area contributed by atoms with Gasteiger partial charge in [-0.25, -0.2) is 9.97 Å². The fourth-order valence-corrected chi connectivity index (χ4v) is 7.49. The Labute approximate surface area is 289 Å². The Morgan fingerprint density at radius 2 is 0.860 bits per heavy atom. The number of nitrogens with zero attached hydrogens (tertiary/aromatic N) is 4. The molecule has 0 saturated heterocycles. The molecule has 4 heteroatoms. The third-order valence-electron chi connectivity index (χ3n) is 9.71. The third-order valence-corrected chi connectivity index (χ3v) is 9.71. The Balaban J connectivity index is 1.27. The first-order chi connectivity index (χ1) is 24.8. The van der Waals surface area contributed by atoms with Crippen LogP contribution in [-0.2, 0) is 0 Å². The van der Waals surface area contributed by atoms with Crippen LogP contribution in [0.25, 0.3) is 88.9 Å². The molecule has 0 spiro atoms. The number of benzene rings is 6. The van der Waals surface area contributed by atoms with E-state index in [1.807, 2.05) is 6.07 Å². The van der Waals surface area contributed by atoms with Crippen molar-refractivity contribution in [1.29, 1.82) is 0 Å². The Morgan fingerprint density at radius 3 is 1.54 bits per heavy atom. The lowest BCUT2D eigenvalue weighted by Gasteiger charge is -2.13. The van der Waals surface area contributed by atoms with E-state index in [9.17, 15) is 0 Å². The van der Waals surface area contributed by atoms with Gasteiger partial charge in [0.05, 0.1) is 39.1 Å². The SMILES string of the molecule is c1ccc(-c2cc(-c3ccccc3)nc(-c3cccc(-n4c5ccccc5c5ccc6c7ccccc7n(-c7ccccc7)c6c54)n3)c2)cc1. The molecule has 10 rings (SSSR count). The molecule has 0 aliphatic rings. The normalized spacial score (nSPS) is 11.6. The van der Waals surface area contributed by atoms with Crippen LogP contribution in [0.4, 0.5) is 0 Å². The number of aromatic nitrogens is 4. The minimum absolute atomic E-state index is 0.819. The van der Waals surface area contributed by atoms with Crippen LogP contribution >= 0.6 is 0 Å². The maximum absolute atomic E-state index is 5.41. The Morgan fingerprint density at radius 1 is 0.320 bits per heavy atom. The molecule has 0 atom stereocenters. The van der Waals surface area contributed by atoms with E-state index in [0.29, 0.717) is 0 Å². The van der Waals surface area contributed by atoms with Crippen molar-refractivity contribution in [2.75, 3.05) is 0 Å². The predicted molar refractivity (Wildman–Crippen MR) is 207 cm³/mol. The van der Waals surface area contributed by atoms with Gasteiger partial charge < -0.3 is 4.57 Å². The van der Waals surface area contributed by atoms with Crippen molar-refractivity contribution in [3.05, 3.63) is 182 Å². The molecule has 0 radical (unpaired) electrons. The molecule has 4 aromatic heterocycles. The summed E-state index contributed by atoms with van der Waals surface area (Å²) in [7, 11) is 0. The Bertz CT molecular complexity index is 2790. The topological polar surface area (TPSA) is 35.6 Å². The van der Waals surface area contributed by atoms with E-state index in [4.69, 9.17) is 9.97 Å². The van der Waals surface area contributed by atoms with Gasteiger partial charge in [0, 0.05) is 32.8 Å². The van der Waals surface area contributed by atoms with Crippen molar-refractivity contribution >= 4 is 43.6 Å². The fraction of sp³-hybridized carbons (Fsp3) is 0. The van der Waals surface area contributed by atoms with Crippen LogP contribution in [0, 0.1) is 0 Å². The Kier molecular flexibility index (Phi) is 6.46. The van der Waals surface area contributed by atoms with Gasteiger partial charge in [0.1, 0.15) is 5.82 Å². The van der Waals surface area contributed by atoms with Gasteiger partial charge in [-0.1, -0.05) is 133 Å². The molecule has 0 amide bonds. The maximum atomic E-state index is 5.41. The van der Waals surface area contributed by atoms with E-state index >= 15 is 0 Å². The van der Waals surface area contributed by atoms with Gasteiger partial charge in [-0.3, -0.25) is 4.57 Å². The van der Waals surface area contributed by atoms with Gasteiger partial charge in [0.15, 0.2) is 0 Å². The lowest BCUT2D eigenvalue weighted by Crippen LogP contribution is -2.02. The molecule has 0 fully saturated rings. The van der Waals surface area contributed by atoms with Gasteiger partial charge in [0.2, 0.25) is 0 Å². The van der Waals surface area contributed by atoms with Gasteiger partial charge in [-0.15, -0.1) is 0 Å². The van der Waals surface area contributed by atoms with E-state index in [0.717, 1.165) is 61.8 Å². The van der Waals surface area contributed by atoms with Crippen molar-refractivity contribution in [2.24, 2.45) is 0 Å². The predicted octanol–water partition coefficient (Wildman–Crippen LogP) is 11.7. The van der Waals surface area contributed by atoms with E-state index < -0.39 is 0 Å². The van der Waals surface area contributed by atoms with Crippen LogP contribution in [0.3, 0.4) is 0 Å². The number of para-hydroxylation sites is 3. The lowest BCUT2D eigenvalue weighted by molar-refractivity contribution is 1.07. The van der Waals surface area contributed by atoms with Gasteiger partial charge in [0.25, 0.3) is 0 Å². The molecule has 0 unspecified atom stereocenters. The van der Waals surface area contributed by atoms with Crippen molar-refractivity contribution in [3.8, 4) is 45.3 Å². The van der Waals surface area contributed by atoms with Crippen molar-refractivity contribution < 1.29 is 0 Å². The summed E-state index contributed by atoms with van der Waals surface area (Å²) in [5.74, 6) is 0.847. The first kappa shape index (κ1) is 28.3. The zero-order chi connectivity index (χ0) is 33.0. The van der Waals surface area contributed by atoms with Crippen LogP contribution in [0.15, 0.2) is 182 Å². The molecule has 6 aromatic carbocycles. The molecule has 234 valence electrons. The fourth-order valence-electron chi connectivity index (χ4n) is 7.49. The number of hydrogen-bond acceptors (Lipinski definition) is 2. The average Bonchev–Trinajstić information content (AvgIpc) is 3.72. The van der Waals surface area contributed by atoms with Crippen LogP contribution < -0.4 is 0 Å². The standard InChI is InChI=1S/C46H30N4/c1-4-15-31(16-5-1)33-29-40(32-17-6-2-7-18-32)47-41(30-33)39-23-14-26-44(48-39)50-43-25-13-11-22-36(43)38-28-27-37-35-21-10-12-24-42(35)49(45(37)46(38)50)34-19-8-3-9-20-34/h1-30H. The smallest absolute Gasteiger partial charge is 0.138 e. The monoisotopic (exact) mass is 638 g/mol. The molecule has 10 aromatic rings.